The van der Waals surface area contributed by atoms with Crippen molar-refractivity contribution < 1.29 is 13.3 Å². The number of benzene rings is 1. The van der Waals surface area contributed by atoms with E-state index in [0.29, 0.717) is 23.0 Å². The number of sulfonamides is 1. The summed E-state index contributed by atoms with van der Waals surface area (Å²) < 4.78 is 27.0. The fraction of sp³-hybridized carbons (Fsp3) is 0.647. The van der Waals surface area contributed by atoms with E-state index in [1.165, 1.54) is 25.7 Å². The zero-order chi connectivity index (χ0) is 16.4. The molecule has 2 atom stereocenters. The molecular weight excluding hydrogens is 332 g/mol. The van der Waals surface area contributed by atoms with Gasteiger partial charge in [0.15, 0.2) is 0 Å². The number of nitrogens with zero attached hydrogens (tertiary/aromatic N) is 1. The highest BCUT2D eigenvalue weighted by molar-refractivity contribution is 7.89. The van der Waals surface area contributed by atoms with Crippen LogP contribution in [0.15, 0.2) is 29.2 Å². The first-order valence-electron chi connectivity index (χ1n) is 8.57. The summed E-state index contributed by atoms with van der Waals surface area (Å²) in [5.41, 5.74) is 0. The first-order chi connectivity index (χ1) is 11.0. The summed E-state index contributed by atoms with van der Waals surface area (Å²) in [6.45, 7) is 5.41. The van der Waals surface area contributed by atoms with Gasteiger partial charge in [0.2, 0.25) is 10.0 Å². The van der Waals surface area contributed by atoms with Crippen LogP contribution in [0.3, 0.4) is 0 Å². The van der Waals surface area contributed by atoms with E-state index < -0.39 is 10.0 Å². The molecule has 2 aliphatic rings. The third kappa shape index (κ3) is 3.90. The van der Waals surface area contributed by atoms with Crippen LogP contribution in [-0.4, -0.2) is 44.9 Å². The number of piperazine rings is 1. The Hall–Kier alpha value is -0.620. The molecule has 1 aromatic rings. The lowest BCUT2D eigenvalue weighted by Crippen LogP contribution is -3.18. The van der Waals surface area contributed by atoms with E-state index in [0.717, 1.165) is 25.0 Å². The van der Waals surface area contributed by atoms with Crippen LogP contribution in [0.25, 0.3) is 0 Å². The van der Waals surface area contributed by atoms with Crippen molar-refractivity contribution in [2.75, 3.05) is 26.2 Å². The molecule has 0 amide bonds. The fourth-order valence-corrected chi connectivity index (χ4v) is 5.55. The van der Waals surface area contributed by atoms with Gasteiger partial charge in [0, 0.05) is 11.4 Å². The summed E-state index contributed by atoms with van der Waals surface area (Å²) in [4.78, 5) is 1.94. The minimum Gasteiger partial charge on any atom is -0.330 e. The molecular formula is C17H26ClN2O2S+. The van der Waals surface area contributed by atoms with Crippen LogP contribution in [-0.2, 0) is 10.0 Å². The van der Waals surface area contributed by atoms with Gasteiger partial charge in [-0.2, -0.15) is 4.31 Å². The Morgan fingerprint density at radius 1 is 1.13 bits per heavy atom. The number of hydrogen-bond acceptors (Lipinski definition) is 2. The van der Waals surface area contributed by atoms with Crippen molar-refractivity contribution in [3.63, 3.8) is 0 Å². The quantitative estimate of drug-likeness (QED) is 0.896. The Labute approximate surface area is 144 Å². The number of rotatable bonds is 3. The molecule has 1 saturated heterocycles. The monoisotopic (exact) mass is 357 g/mol. The Kier molecular flexibility index (Phi) is 5.31. The third-order valence-corrected chi connectivity index (χ3v) is 7.49. The first kappa shape index (κ1) is 17.2. The summed E-state index contributed by atoms with van der Waals surface area (Å²) in [5.74, 6) is 0.817. The van der Waals surface area contributed by atoms with Gasteiger partial charge in [-0.1, -0.05) is 24.9 Å². The maximum atomic E-state index is 12.7. The molecule has 6 heteroatoms. The highest BCUT2D eigenvalue weighted by Crippen LogP contribution is 2.23. The molecule has 4 nitrogen and oxygen atoms in total. The summed E-state index contributed by atoms with van der Waals surface area (Å²) >= 11 is 5.85. The van der Waals surface area contributed by atoms with Crippen molar-refractivity contribution >= 4 is 21.6 Å². The van der Waals surface area contributed by atoms with Crippen LogP contribution in [0.4, 0.5) is 0 Å². The molecule has 3 rings (SSSR count). The summed E-state index contributed by atoms with van der Waals surface area (Å²) in [6, 6.07) is 7.19. The fourth-order valence-electron chi connectivity index (χ4n) is 3.98. The number of nitrogens with one attached hydrogen (secondary N) is 1. The van der Waals surface area contributed by atoms with E-state index in [1.807, 2.05) is 0 Å². The second kappa shape index (κ2) is 7.09. The van der Waals surface area contributed by atoms with Gasteiger partial charge < -0.3 is 4.90 Å². The second-order valence-corrected chi connectivity index (χ2v) is 9.36. The van der Waals surface area contributed by atoms with Crippen LogP contribution in [0.1, 0.15) is 32.6 Å². The molecule has 128 valence electrons. The van der Waals surface area contributed by atoms with Crippen LogP contribution in [0.5, 0.6) is 0 Å². The van der Waals surface area contributed by atoms with Gasteiger partial charge in [-0.05, 0) is 43.0 Å². The maximum absolute atomic E-state index is 12.7. The molecule has 0 radical (unpaired) electrons. The molecule has 0 bridgehead atoms. The maximum Gasteiger partial charge on any atom is 0.243 e. The molecule has 0 aromatic heterocycles. The average Bonchev–Trinajstić information content (AvgIpc) is 2.55. The Morgan fingerprint density at radius 2 is 1.78 bits per heavy atom. The molecule has 1 aliphatic carbocycles. The Balaban J connectivity index is 1.63. The molecule has 23 heavy (non-hydrogen) atoms. The third-order valence-electron chi connectivity index (χ3n) is 5.33. The van der Waals surface area contributed by atoms with Crippen molar-refractivity contribution in [1.82, 2.24) is 4.31 Å². The van der Waals surface area contributed by atoms with Gasteiger partial charge in [-0.3, -0.25) is 0 Å². The standard InChI is InChI=1S/C17H25ClN2O2S/c1-14-3-2-4-16(13-14)19-9-11-20(12-10-19)23(21,22)17-7-5-15(18)6-8-17/h5-8,14,16H,2-4,9-13H2,1H3/p+1/t14-,16-/m1/s1. The molecule has 1 saturated carbocycles. The zero-order valence-electron chi connectivity index (χ0n) is 13.7. The largest absolute Gasteiger partial charge is 0.330 e. The van der Waals surface area contributed by atoms with Gasteiger partial charge in [0.25, 0.3) is 0 Å². The van der Waals surface area contributed by atoms with Gasteiger partial charge in [-0.15, -0.1) is 0 Å². The molecule has 0 unspecified atom stereocenters. The van der Waals surface area contributed by atoms with Crippen LogP contribution < -0.4 is 4.90 Å². The Morgan fingerprint density at radius 3 is 2.39 bits per heavy atom. The van der Waals surface area contributed by atoms with Crippen LogP contribution >= 0.6 is 11.6 Å². The number of quaternary nitrogens is 1. The van der Waals surface area contributed by atoms with Crippen molar-refractivity contribution in [2.24, 2.45) is 5.92 Å². The molecule has 1 aliphatic heterocycles. The van der Waals surface area contributed by atoms with E-state index in [-0.39, 0.29) is 0 Å². The lowest BCUT2D eigenvalue weighted by Gasteiger charge is -2.38. The topological polar surface area (TPSA) is 41.8 Å². The molecule has 0 spiro atoms. The van der Waals surface area contributed by atoms with Gasteiger partial charge in [0.1, 0.15) is 0 Å². The van der Waals surface area contributed by atoms with Gasteiger partial charge in [-0.25, -0.2) is 8.42 Å². The normalized spacial score (nSPS) is 27.9. The van der Waals surface area contributed by atoms with E-state index >= 15 is 0 Å². The summed E-state index contributed by atoms with van der Waals surface area (Å²) in [7, 11) is -3.38. The van der Waals surface area contributed by atoms with Gasteiger partial charge in [0.05, 0.1) is 37.1 Å². The summed E-state index contributed by atoms with van der Waals surface area (Å²) in [6.07, 6.45) is 5.26. The first-order valence-corrected chi connectivity index (χ1v) is 10.4. The number of hydrogen-bond donors (Lipinski definition) is 1. The highest BCUT2D eigenvalue weighted by atomic mass is 35.5. The average molecular weight is 358 g/mol. The predicted molar refractivity (Wildman–Crippen MR) is 92.3 cm³/mol. The predicted octanol–water partition coefficient (Wildman–Crippen LogP) is 1.81. The highest BCUT2D eigenvalue weighted by Gasteiger charge is 2.34. The van der Waals surface area contributed by atoms with Crippen molar-refractivity contribution in [1.29, 1.82) is 0 Å². The molecule has 1 heterocycles. The van der Waals surface area contributed by atoms with E-state index in [9.17, 15) is 8.42 Å². The zero-order valence-corrected chi connectivity index (χ0v) is 15.2. The summed E-state index contributed by atoms with van der Waals surface area (Å²) in [5, 5.41) is 0.560. The van der Waals surface area contributed by atoms with Crippen molar-refractivity contribution in [3.8, 4) is 0 Å². The minimum atomic E-state index is -3.38. The molecule has 1 aromatic carbocycles. The Bertz CT molecular complexity index is 624. The van der Waals surface area contributed by atoms with Crippen molar-refractivity contribution in [2.45, 2.75) is 43.5 Å². The lowest BCUT2D eigenvalue weighted by molar-refractivity contribution is -0.930. The minimum absolute atomic E-state index is 0.344. The van der Waals surface area contributed by atoms with Crippen molar-refractivity contribution in [3.05, 3.63) is 29.3 Å². The second-order valence-electron chi connectivity index (χ2n) is 6.98. The van der Waals surface area contributed by atoms with E-state index in [2.05, 4.69) is 6.92 Å². The van der Waals surface area contributed by atoms with Gasteiger partial charge >= 0.3 is 0 Å². The van der Waals surface area contributed by atoms with Crippen LogP contribution in [0.2, 0.25) is 5.02 Å². The van der Waals surface area contributed by atoms with E-state index in [1.54, 1.807) is 33.5 Å². The SMILES string of the molecule is C[C@@H]1CCC[C@@H]([NH+]2CCN(S(=O)(=O)c3ccc(Cl)cc3)CC2)C1. The molecule has 2 fully saturated rings. The van der Waals surface area contributed by atoms with E-state index in [4.69, 9.17) is 11.6 Å². The number of halogens is 1. The molecule has 1 N–H and O–H groups in total. The lowest BCUT2D eigenvalue weighted by atomic mass is 9.86. The van der Waals surface area contributed by atoms with Crippen LogP contribution in [0, 0.1) is 5.92 Å². The smallest absolute Gasteiger partial charge is 0.243 e.